The Balaban J connectivity index is 2.40. The van der Waals surface area contributed by atoms with Crippen LogP contribution in [0, 0.1) is 15.5 Å². The van der Waals surface area contributed by atoms with Crippen molar-refractivity contribution in [2.75, 3.05) is 0 Å². The number of hydrogen-bond donors (Lipinski definition) is 1. The van der Waals surface area contributed by atoms with Gasteiger partial charge in [0.05, 0.1) is 11.3 Å². The summed E-state index contributed by atoms with van der Waals surface area (Å²) in [5.74, 6) is -1.37. The smallest absolute Gasteiger partial charge is 0.304 e. The van der Waals surface area contributed by atoms with Crippen LogP contribution in [0.3, 0.4) is 0 Å². The summed E-state index contributed by atoms with van der Waals surface area (Å²) < 4.78 is 0. The van der Waals surface area contributed by atoms with Gasteiger partial charge in [-0.05, 0) is 25.0 Å². The number of carbonyl (C=O) groups is 2. The molecule has 1 saturated carbocycles. The standard InChI is InChI=1S/C15H16ClNO5/c16-11-5-4-10(8-12(11)17(21)22)14(20)15(9-13(18)19)6-2-1-3-7-15/h4-5,8H,1-3,6-7,9H2,(H,18,19). The SMILES string of the molecule is O=C(O)CC1(C(=O)c2ccc(Cl)c([N+](=O)[O-])c2)CCCCC1. The van der Waals surface area contributed by atoms with E-state index in [0.717, 1.165) is 25.3 Å². The van der Waals surface area contributed by atoms with Gasteiger partial charge in [0.25, 0.3) is 5.69 Å². The summed E-state index contributed by atoms with van der Waals surface area (Å²) in [6.45, 7) is 0. The summed E-state index contributed by atoms with van der Waals surface area (Å²) in [5.41, 5.74) is -1.15. The van der Waals surface area contributed by atoms with Crippen LogP contribution >= 0.6 is 11.6 Å². The summed E-state index contributed by atoms with van der Waals surface area (Å²) in [6.07, 6.45) is 3.28. The molecule has 1 fully saturated rings. The molecule has 0 radical (unpaired) electrons. The fourth-order valence-corrected chi connectivity index (χ4v) is 3.29. The molecule has 1 aromatic rings. The van der Waals surface area contributed by atoms with Crippen LogP contribution in [-0.4, -0.2) is 21.8 Å². The molecule has 0 unspecified atom stereocenters. The maximum Gasteiger partial charge on any atom is 0.304 e. The molecule has 1 aromatic carbocycles. The summed E-state index contributed by atoms with van der Waals surface area (Å²) in [6, 6.07) is 3.88. The van der Waals surface area contributed by atoms with Gasteiger partial charge in [-0.1, -0.05) is 30.9 Å². The molecule has 0 amide bonds. The molecule has 118 valence electrons. The van der Waals surface area contributed by atoms with Gasteiger partial charge in [0.15, 0.2) is 5.78 Å². The number of hydrogen-bond acceptors (Lipinski definition) is 4. The number of carboxylic acids is 1. The molecule has 2 rings (SSSR count). The average Bonchev–Trinajstić information content (AvgIpc) is 2.47. The fraction of sp³-hybridized carbons (Fsp3) is 0.467. The minimum atomic E-state index is -1.03. The van der Waals surface area contributed by atoms with E-state index < -0.39 is 16.3 Å². The topological polar surface area (TPSA) is 97.5 Å². The third-order valence-electron chi connectivity index (χ3n) is 4.19. The molecule has 0 atom stereocenters. The van der Waals surface area contributed by atoms with Gasteiger partial charge in [0.1, 0.15) is 5.02 Å². The Morgan fingerprint density at radius 1 is 1.27 bits per heavy atom. The van der Waals surface area contributed by atoms with E-state index in [4.69, 9.17) is 16.7 Å². The van der Waals surface area contributed by atoms with Crippen molar-refractivity contribution in [3.8, 4) is 0 Å². The first-order valence-electron chi connectivity index (χ1n) is 7.06. The Morgan fingerprint density at radius 2 is 1.91 bits per heavy atom. The Kier molecular flexibility index (Phi) is 4.81. The largest absolute Gasteiger partial charge is 0.481 e. The number of nitro groups is 1. The van der Waals surface area contributed by atoms with E-state index in [9.17, 15) is 19.7 Å². The highest BCUT2D eigenvalue weighted by Gasteiger charge is 2.42. The Hall–Kier alpha value is -1.95. The number of nitrogens with zero attached hydrogens (tertiary/aromatic N) is 1. The Bertz CT molecular complexity index is 622. The van der Waals surface area contributed by atoms with E-state index in [2.05, 4.69) is 0 Å². The van der Waals surface area contributed by atoms with E-state index in [1.807, 2.05) is 0 Å². The van der Waals surface area contributed by atoms with Gasteiger partial charge < -0.3 is 5.11 Å². The second kappa shape index (κ2) is 6.44. The zero-order chi connectivity index (χ0) is 16.3. The molecule has 0 saturated heterocycles. The van der Waals surface area contributed by atoms with Crippen LogP contribution in [-0.2, 0) is 4.79 Å². The van der Waals surface area contributed by atoms with Gasteiger partial charge in [-0.3, -0.25) is 19.7 Å². The summed E-state index contributed by atoms with van der Waals surface area (Å²) in [5, 5.41) is 20.0. The lowest BCUT2D eigenvalue weighted by Crippen LogP contribution is -2.36. The number of carboxylic acid groups (broad SMARTS) is 1. The van der Waals surface area contributed by atoms with Gasteiger partial charge >= 0.3 is 5.97 Å². The second-order valence-electron chi connectivity index (χ2n) is 5.66. The summed E-state index contributed by atoms with van der Waals surface area (Å²) >= 11 is 5.75. The number of carbonyl (C=O) groups excluding carboxylic acids is 1. The average molecular weight is 326 g/mol. The summed E-state index contributed by atoms with van der Waals surface area (Å²) in [4.78, 5) is 34.3. The van der Waals surface area contributed by atoms with Crippen molar-refractivity contribution < 1.29 is 19.6 Å². The van der Waals surface area contributed by atoms with Crippen LogP contribution in [0.25, 0.3) is 0 Å². The normalized spacial score (nSPS) is 17.0. The molecule has 1 aliphatic rings. The van der Waals surface area contributed by atoms with Crippen molar-refractivity contribution in [3.63, 3.8) is 0 Å². The maximum absolute atomic E-state index is 12.8. The van der Waals surface area contributed by atoms with Crippen LogP contribution in [0.1, 0.15) is 48.9 Å². The Labute approximate surface area is 132 Å². The molecule has 7 heteroatoms. The van der Waals surface area contributed by atoms with Crippen molar-refractivity contribution in [2.24, 2.45) is 5.41 Å². The molecule has 22 heavy (non-hydrogen) atoms. The zero-order valence-corrected chi connectivity index (χ0v) is 12.6. The number of rotatable bonds is 5. The number of Topliss-reactive ketones (excluding diaryl/α,β-unsaturated/α-hetero) is 1. The quantitative estimate of drug-likeness (QED) is 0.503. The third kappa shape index (κ3) is 3.27. The molecule has 6 nitrogen and oxygen atoms in total. The molecule has 0 spiro atoms. The number of benzene rings is 1. The van der Waals surface area contributed by atoms with Gasteiger partial charge in [-0.25, -0.2) is 0 Å². The lowest BCUT2D eigenvalue weighted by Gasteiger charge is -2.34. The highest BCUT2D eigenvalue weighted by Crippen LogP contribution is 2.42. The number of halogens is 1. The van der Waals surface area contributed by atoms with E-state index in [0.29, 0.717) is 12.8 Å². The molecule has 0 aromatic heterocycles. The van der Waals surface area contributed by atoms with Crippen LogP contribution < -0.4 is 0 Å². The molecule has 1 aliphatic carbocycles. The monoisotopic (exact) mass is 325 g/mol. The van der Waals surface area contributed by atoms with Crippen molar-refractivity contribution in [3.05, 3.63) is 38.9 Å². The predicted octanol–water partition coefficient (Wildman–Crippen LogP) is 3.86. The van der Waals surface area contributed by atoms with E-state index in [1.54, 1.807) is 0 Å². The van der Waals surface area contributed by atoms with Crippen LogP contribution in [0.4, 0.5) is 5.69 Å². The number of ketones is 1. The Morgan fingerprint density at radius 3 is 2.45 bits per heavy atom. The second-order valence-corrected chi connectivity index (χ2v) is 6.07. The minimum absolute atomic E-state index is 0.0440. The fourth-order valence-electron chi connectivity index (χ4n) is 3.10. The molecule has 0 aliphatic heterocycles. The minimum Gasteiger partial charge on any atom is -0.481 e. The summed E-state index contributed by atoms with van der Waals surface area (Å²) in [7, 11) is 0. The molecular weight excluding hydrogens is 310 g/mol. The van der Waals surface area contributed by atoms with E-state index >= 15 is 0 Å². The highest BCUT2D eigenvalue weighted by atomic mass is 35.5. The van der Waals surface area contributed by atoms with E-state index in [-0.39, 0.29) is 28.5 Å². The van der Waals surface area contributed by atoms with Crippen molar-refractivity contribution in [1.29, 1.82) is 0 Å². The number of nitro benzene ring substituents is 1. The zero-order valence-electron chi connectivity index (χ0n) is 11.9. The van der Waals surface area contributed by atoms with Crippen LogP contribution in [0.15, 0.2) is 18.2 Å². The van der Waals surface area contributed by atoms with Crippen LogP contribution in [0.5, 0.6) is 0 Å². The lowest BCUT2D eigenvalue weighted by atomic mass is 9.67. The first kappa shape index (κ1) is 16.4. The van der Waals surface area contributed by atoms with Crippen molar-refractivity contribution in [2.45, 2.75) is 38.5 Å². The third-order valence-corrected chi connectivity index (χ3v) is 4.51. The molecule has 0 heterocycles. The van der Waals surface area contributed by atoms with Gasteiger partial charge in [0, 0.05) is 17.0 Å². The molecule has 0 bridgehead atoms. The predicted molar refractivity (Wildman–Crippen MR) is 80.2 cm³/mol. The van der Waals surface area contributed by atoms with Gasteiger partial charge in [0.2, 0.25) is 0 Å². The van der Waals surface area contributed by atoms with Gasteiger partial charge in [-0.15, -0.1) is 0 Å². The van der Waals surface area contributed by atoms with E-state index in [1.165, 1.54) is 12.1 Å². The van der Waals surface area contributed by atoms with Crippen molar-refractivity contribution in [1.82, 2.24) is 0 Å². The highest BCUT2D eigenvalue weighted by molar-refractivity contribution is 6.32. The first-order valence-corrected chi connectivity index (χ1v) is 7.44. The van der Waals surface area contributed by atoms with Crippen molar-refractivity contribution >= 4 is 29.0 Å². The number of aliphatic carboxylic acids is 1. The van der Waals surface area contributed by atoms with Crippen LogP contribution in [0.2, 0.25) is 5.02 Å². The first-order chi connectivity index (χ1) is 10.4. The van der Waals surface area contributed by atoms with Gasteiger partial charge in [-0.2, -0.15) is 0 Å². The maximum atomic E-state index is 12.8. The molecule has 1 N–H and O–H groups in total. The molecular formula is C15H16ClNO5. The lowest BCUT2D eigenvalue weighted by molar-refractivity contribution is -0.384.